The summed E-state index contributed by atoms with van der Waals surface area (Å²) in [6.07, 6.45) is 1.57. The summed E-state index contributed by atoms with van der Waals surface area (Å²) in [6.45, 7) is 2.63. The van der Waals surface area contributed by atoms with Crippen molar-refractivity contribution in [1.82, 2.24) is 10.6 Å². The number of rotatable bonds is 9. The van der Waals surface area contributed by atoms with Crippen LogP contribution in [0.15, 0.2) is 24.3 Å². The molecule has 1 unspecified atom stereocenters. The van der Waals surface area contributed by atoms with E-state index in [4.69, 9.17) is 16.7 Å². The first-order valence-corrected chi connectivity index (χ1v) is 7.38. The van der Waals surface area contributed by atoms with Gasteiger partial charge in [0.05, 0.1) is 0 Å². The van der Waals surface area contributed by atoms with Gasteiger partial charge in [-0.1, -0.05) is 43.1 Å². The molecule has 0 aliphatic heterocycles. The fourth-order valence-corrected chi connectivity index (χ4v) is 2.09. The summed E-state index contributed by atoms with van der Waals surface area (Å²) in [6, 6.07) is 6.72. The highest BCUT2D eigenvalue weighted by atomic mass is 35.5. The van der Waals surface area contributed by atoms with Crippen molar-refractivity contribution < 1.29 is 14.7 Å². The van der Waals surface area contributed by atoms with Crippen LogP contribution in [0, 0.1) is 0 Å². The van der Waals surface area contributed by atoms with Gasteiger partial charge in [-0.3, -0.25) is 9.59 Å². The molecule has 116 valence electrons. The molecule has 0 spiro atoms. The fourth-order valence-electron chi connectivity index (χ4n) is 1.89. The Morgan fingerprint density at radius 2 is 2.05 bits per heavy atom. The number of carboxylic acids is 1. The van der Waals surface area contributed by atoms with Crippen LogP contribution in [0.2, 0.25) is 5.02 Å². The molecule has 0 saturated carbocycles. The smallest absolute Gasteiger partial charge is 0.320 e. The van der Waals surface area contributed by atoms with Crippen LogP contribution in [0.5, 0.6) is 0 Å². The van der Waals surface area contributed by atoms with Crippen molar-refractivity contribution in [3.05, 3.63) is 34.9 Å². The minimum Gasteiger partial charge on any atom is -0.480 e. The molecule has 0 aliphatic rings. The van der Waals surface area contributed by atoms with Gasteiger partial charge in [-0.2, -0.15) is 0 Å². The zero-order valence-electron chi connectivity index (χ0n) is 12.1. The van der Waals surface area contributed by atoms with E-state index in [1.807, 2.05) is 25.1 Å². The molecule has 6 heteroatoms. The molecular formula is C15H21ClN2O3. The van der Waals surface area contributed by atoms with Crippen LogP contribution in [-0.4, -0.2) is 29.6 Å². The fraction of sp³-hybridized carbons (Fsp3) is 0.467. The van der Waals surface area contributed by atoms with Gasteiger partial charge in [0.1, 0.15) is 6.04 Å². The number of halogens is 1. The Bertz CT molecular complexity index is 480. The SMILES string of the molecule is CCCC(NCCC(=O)NCc1ccccc1Cl)C(=O)O. The van der Waals surface area contributed by atoms with Crippen molar-refractivity contribution in [3.63, 3.8) is 0 Å². The number of hydrogen-bond acceptors (Lipinski definition) is 3. The monoisotopic (exact) mass is 312 g/mol. The lowest BCUT2D eigenvalue weighted by atomic mass is 10.1. The molecule has 1 rings (SSSR count). The maximum atomic E-state index is 11.7. The molecule has 3 N–H and O–H groups in total. The lowest BCUT2D eigenvalue weighted by molar-refractivity contribution is -0.139. The van der Waals surface area contributed by atoms with E-state index in [1.165, 1.54) is 0 Å². The lowest BCUT2D eigenvalue weighted by Gasteiger charge is -2.13. The van der Waals surface area contributed by atoms with Crippen molar-refractivity contribution >= 4 is 23.5 Å². The zero-order valence-corrected chi connectivity index (χ0v) is 12.8. The van der Waals surface area contributed by atoms with Gasteiger partial charge in [0.25, 0.3) is 0 Å². The summed E-state index contributed by atoms with van der Waals surface area (Å²) in [7, 11) is 0. The van der Waals surface area contributed by atoms with Crippen molar-refractivity contribution in [1.29, 1.82) is 0 Å². The van der Waals surface area contributed by atoms with E-state index in [2.05, 4.69) is 10.6 Å². The summed E-state index contributed by atoms with van der Waals surface area (Å²) in [5.74, 6) is -1.02. The van der Waals surface area contributed by atoms with Gasteiger partial charge < -0.3 is 15.7 Å². The van der Waals surface area contributed by atoms with Crippen LogP contribution in [0.1, 0.15) is 31.7 Å². The van der Waals surface area contributed by atoms with Crippen LogP contribution >= 0.6 is 11.6 Å². The second-order valence-electron chi connectivity index (χ2n) is 4.75. The van der Waals surface area contributed by atoms with E-state index in [1.54, 1.807) is 6.07 Å². The van der Waals surface area contributed by atoms with Crippen LogP contribution in [0.3, 0.4) is 0 Å². The molecule has 1 amide bonds. The van der Waals surface area contributed by atoms with Gasteiger partial charge in [-0.15, -0.1) is 0 Å². The standard InChI is InChI=1S/C15H21ClN2O3/c1-2-5-13(15(20)21)17-9-8-14(19)18-10-11-6-3-4-7-12(11)16/h3-4,6-7,13,17H,2,5,8-10H2,1H3,(H,18,19)(H,20,21). The molecule has 0 heterocycles. The second kappa shape index (κ2) is 9.37. The molecule has 0 aliphatic carbocycles. The van der Waals surface area contributed by atoms with Crippen LogP contribution in [-0.2, 0) is 16.1 Å². The Kier molecular flexibility index (Phi) is 7.79. The van der Waals surface area contributed by atoms with E-state index >= 15 is 0 Å². The molecule has 0 fully saturated rings. The van der Waals surface area contributed by atoms with Crippen LogP contribution < -0.4 is 10.6 Å². The van der Waals surface area contributed by atoms with Gasteiger partial charge in [0, 0.05) is 24.5 Å². The maximum absolute atomic E-state index is 11.7. The molecular weight excluding hydrogens is 292 g/mol. The molecule has 1 aromatic carbocycles. The first-order valence-electron chi connectivity index (χ1n) is 7.01. The summed E-state index contributed by atoms with van der Waals surface area (Å²) >= 11 is 5.99. The van der Waals surface area contributed by atoms with Gasteiger partial charge in [-0.05, 0) is 18.1 Å². The van der Waals surface area contributed by atoms with Gasteiger partial charge >= 0.3 is 5.97 Å². The summed E-state index contributed by atoms with van der Waals surface area (Å²) in [4.78, 5) is 22.6. The summed E-state index contributed by atoms with van der Waals surface area (Å²) < 4.78 is 0. The Hall–Kier alpha value is -1.59. The first-order chi connectivity index (χ1) is 10.0. The topological polar surface area (TPSA) is 78.4 Å². The first kappa shape index (κ1) is 17.5. The molecule has 0 radical (unpaired) electrons. The molecule has 0 aromatic heterocycles. The van der Waals surface area contributed by atoms with Crippen LogP contribution in [0.4, 0.5) is 0 Å². The summed E-state index contributed by atoms with van der Waals surface area (Å²) in [5.41, 5.74) is 0.856. The van der Waals surface area contributed by atoms with Crippen molar-refractivity contribution in [2.75, 3.05) is 6.54 Å². The average Bonchev–Trinajstić information content (AvgIpc) is 2.45. The third-order valence-corrected chi connectivity index (χ3v) is 3.42. The number of nitrogens with one attached hydrogen (secondary N) is 2. The lowest BCUT2D eigenvalue weighted by Crippen LogP contribution is -2.38. The van der Waals surface area contributed by atoms with Gasteiger partial charge in [-0.25, -0.2) is 0 Å². The van der Waals surface area contributed by atoms with E-state index in [9.17, 15) is 9.59 Å². The Labute approximate surface area is 129 Å². The Morgan fingerprint density at radius 1 is 1.33 bits per heavy atom. The number of amides is 1. The van der Waals surface area contributed by atoms with Gasteiger partial charge in [0.15, 0.2) is 0 Å². The Balaban J connectivity index is 2.28. The van der Waals surface area contributed by atoms with E-state index < -0.39 is 12.0 Å². The van der Waals surface area contributed by atoms with E-state index in [-0.39, 0.29) is 12.3 Å². The minimum absolute atomic E-state index is 0.136. The van der Waals surface area contributed by atoms with Crippen molar-refractivity contribution in [3.8, 4) is 0 Å². The van der Waals surface area contributed by atoms with Crippen LogP contribution in [0.25, 0.3) is 0 Å². The number of carboxylic acid groups (broad SMARTS) is 1. The second-order valence-corrected chi connectivity index (χ2v) is 5.16. The molecule has 1 aromatic rings. The number of benzene rings is 1. The largest absolute Gasteiger partial charge is 0.480 e. The number of hydrogen-bond donors (Lipinski definition) is 3. The molecule has 5 nitrogen and oxygen atoms in total. The van der Waals surface area contributed by atoms with Crippen molar-refractivity contribution in [2.24, 2.45) is 0 Å². The highest BCUT2D eigenvalue weighted by Gasteiger charge is 2.15. The van der Waals surface area contributed by atoms with Crippen molar-refractivity contribution in [2.45, 2.75) is 38.8 Å². The molecule has 0 bridgehead atoms. The quantitative estimate of drug-likeness (QED) is 0.653. The van der Waals surface area contributed by atoms with E-state index in [0.717, 1.165) is 12.0 Å². The average molecular weight is 313 g/mol. The predicted molar refractivity (Wildman–Crippen MR) is 82.3 cm³/mol. The third kappa shape index (κ3) is 6.60. The highest BCUT2D eigenvalue weighted by molar-refractivity contribution is 6.31. The molecule has 21 heavy (non-hydrogen) atoms. The molecule has 0 saturated heterocycles. The highest BCUT2D eigenvalue weighted by Crippen LogP contribution is 2.14. The maximum Gasteiger partial charge on any atom is 0.320 e. The normalized spacial score (nSPS) is 11.9. The summed E-state index contributed by atoms with van der Waals surface area (Å²) in [5, 5.41) is 15.2. The number of carbonyl (C=O) groups is 2. The van der Waals surface area contributed by atoms with Gasteiger partial charge in [0.2, 0.25) is 5.91 Å². The zero-order chi connectivity index (χ0) is 15.7. The Morgan fingerprint density at radius 3 is 2.67 bits per heavy atom. The minimum atomic E-state index is -0.881. The number of aliphatic carboxylic acids is 1. The third-order valence-electron chi connectivity index (χ3n) is 3.05. The molecule has 1 atom stereocenters. The predicted octanol–water partition coefficient (Wildman–Crippen LogP) is 2.19. The number of carbonyl (C=O) groups excluding carboxylic acids is 1. The van der Waals surface area contributed by atoms with E-state index in [0.29, 0.717) is 24.5 Å².